The first-order chi connectivity index (χ1) is 14.9. The van der Waals surface area contributed by atoms with Crippen LogP contribution in [0.25, 0.3) is 0 Å². The molecule has 2 atom stereocenters. The van der Waals surface area contributed by atoms with Crippen molar-refractivity contribution in [3.05, 3.63) is 23.4 Å². The molecule has 3 rings (SSSR count). The van der Waals surface area contributed by atoms with Gasteiger partial charge < -0.3 is 10.1 Å². The third kappa shape index (κ3) is 5.35. The SMILES string of the molecule is C#C[C@@H](CN(C(C)=O)N1CCC(CCc2ccc3c(n2)NCCC3)C1=O)C(=O)OCC. The molecule has 1 unspecified atom stereocenters. The van der Waals surface area contributed by atoms with E-state index in [9.17, 15) is 14.4 Å². The van der Waals surface area contributed by atoms with Gasteiger partial charge in [-0.25, -0.2) is 9.99 Å². The number of pyridine rings is 1. The number of aromatic nitrogens is 1. The molecule has 1 saturated heterocycles. The van der Waals surface area contributed by atoms with Crippen LogP contribution in [0.1, 0.15) is 44.4 Å². The molecule has 8 heteroatoms. The highest BCUT2D eigenvalue weighted by molar-refractivity contribution is 5.85. The van der Waals surface area contributed by atoms with Gasteiger partial charge in [0.15, 0.2) is 0 Å². The first-order valence-electron chi connectivity index (χ1n) is 10.9. The maximum absolute atomic E-state index is 13.0. The van der Waals surface area contributed by atoms with E-state index in [1.165, 1.54) is 22.5 Å². The summed E-state index contributed by atoms with van der Waals surface area (Å²) in [6.07, 6.45) is 9.61. The molecule has 2 aliphatic rings. The molecule has 3 heterocycles. The summed E-state index contributed by atoms with van der Waals surface area (Å²) in [6.45, 7) is 4.54. The van der Waals surface area contributed by atoms with Gasteiger partial charge in [0.25, 0.3) is 0 Å². The van der Waals surface area contributed by atoms with E-state index in [1.807, 2.05) is 6.07 Å². The summed E-state index contributed by atoms with van der Waals surface area (Å²) < 4.78 is 4.98. The van der Waals surface area contributed by atoms with Gasteiger partial charge in [-0.1, -0.05) is 12.0 Å². The van der Waals surface area contributed by atoms with Crippen molar-refractivity contribution >= 4 is 23.6 Å². The molecule has 1 aromatic rings. The number of nitrogens with one attached hydrogen (secondary N) is 1. The Labute approximate surface area is 183 Å². The molecule has 1 N–H and O–H groups in total. The lowest BCUT2D eigenvalue weighted by Gasteiger charge is -2.32. The van der Waals surface area contributed by atoms with Crippen molar-refractivity contribution < 1.29 is 19.1 Å². The van der Waals surface area contributed by atoms with Crippen LogP contribution in [0, 0.1) is 24.2 Å². The molecule has 1 aromatic heterocycles. The molecule has 0 spiro atoms. The second kappa shape index (κ2) is 10.3. The van der Waals surface area contributed by atoms with E-state index in [1.54, 1.807) is 6.92 Å². The van der Waals surface area contributed by atoms with Crippen molar-refractivity contribution in [2.45, 2.75) is 46.0 Å². The lowest BCUT2D eigenvalue weighted by molar-refractivity contribution is -0.163. The fourth-order valence-corrected chi connectivity index (χ4v) is 4.07. The van der Waals surface area contributed by atoms with E-state index in [-0.39, 0.29) is 30.9 Å². The van der Waals surface area contributed by atoms with E-state index in [4.69, 9.17) is 16.1 Å². The Bertz CT molecular complexity index is 879. The Kier molecular flexibility index (Phi) is 7.50. The van der Waals surface area contributed by atoms with Crippen LogP contribution in [0.15, 0.2) is 12.1 Å². The van der Waals surface area contributed by atoms with E-state index < -0.39 is 11.9 Å². The molecule has 2 aliphatic heterocycles. The molecule has 31 heavy (non-hydrogen) atoms. The average Bonchev–Trinajstić information content (AvgIpc) is 3.12. The van der Waals surface area contributed by atoms with E-state index >= 15 is 0 Å². The zero-order chi connectivity index (χ0) is 22.4. The van der Waals surface area contributed by atoms with E-state index in [0.717, 1.165) is 30.9 Å². The van der Waals surface area contributed by atoms with Crippen LogP contribution in [0.4, 0.5) is 5.82 Å². The quantitative estimate of drug-likeness (QED) is 0.503. The lowest BCUT2D eigenvalue weighted by Crippen LogP contribution is -2.50. The number of ether oxygens (including phenoxy) is 1. The number of aryl methyl sites for hydroxylation is 2. The van der Waals surface area contributed by atoms with Gasteiger partial charge >= 0.3 is 5.97 Å². The van der Waals surface area contributed by atoms with Crippen molar-refractivity contribution in [3.8, 4) is 12.3 Å². The monoisotopic (exact) mass is 426 g/mol. The summed E-state index contributed by atoms with van der Waals surface area (Å²) in [5, 5.41) is 6.04. The molecule has 0 saturated carbocycles. The molecule has 0 radical (unpaired) electrons. The first kappa shape index (κ1) is 22.6. The molecule has 166 valence electrons. The van der Waals surface area contributed by atoms with Crippen molar-refractivity contribution in [1.29, 1.82) is 0 Å². The second-order valence-corrected chi connectivity index (χ2v) is 7.90. The number of esters is 1. The highest BCUT2D eigenvalue weighted by Gasteiger charge is 2.37. The topological polar surface area (TPSA) is 91.8 Å². The average molecular weight is 427 g/mol. The second-order valence-electron chi connectivity index (χ2n) is 7.90. The van der Waals surface area contributed by atoms with Gasteiger partial charge in [-0.15, -0.1) is 6.42 Å². The number of amides is 2. The Morgan fingerprint density at radius 1 is 1.45 bits per heavy atom. The molecular weight excluding hydrogens is 396 g/mol. The fourth-order valence-electron chi connectivity index (χ4n) is 4.07. The molecular formula is C23H30N4O4. The number of carbonyl (C=O) groups is 3. The minimum absolute atomic E-state index is 0.0683. The minimum atomic E-state index is -0.914. The van der Waals surface area contributed by atoms with Gasteiger partial charge in [0.05, 0.1) is 13.2 Å². The van der Waals surface area contributed by atoms with Gasteiger partial charge in [-0.05, 0) is 50.7 Å². The summed E-state index contributed by atoms with van der Waals surface area (Å²) in [6, 6.07) is 4.14. The van der Waals surface area contributed by atoms with Crippen molar-refractivity contribution in [3.63, 3.8) is 0 Å². The predicted molar refractivity (Wildman–Crippen MR) is 116 cm³/mol. The van der Waals surface area contributed by atoms with Crippen LogP contribution < -0.4 is 5.32 Å². The third-order valence-electron chi connectivity index (χ3n) is 5.78. The zero-order valence-electron chi connectivity index (χ0n) is 18.2. The van der Waals surface area contributed by atoms with Gasteiger partial charge in [-0.2, -0.15) is 0 Å². The van der Waals surface area contributed by atoms with Crippen molar-refractivity contribution in [2.75, 3.05) is 31.6 Å². The van der Waals surface area contributed by atoms with Gasteiger partial charge in [0.2, 0.25) is 11.8 Å². The maximum atomic E-state index is 13.0. The number of nitrogens with zero attached hydrogens (tertiary/aromatic N) is 3. The molecule has 8 nitrogen and oxygen atoms in total. The van der Waals surface area contributed by atoms with Crippen molar-refractivity contribution in [1.82, 2.24) is 15.0 Å². The normalized spacial score (nSPS) is 18.5. The number of anilines is 1. The Balaban J connectivity index is 1.61. The molecule has 1 fully saturated rings. The van der Waals surface area contributed by atoms with Crippen LogP contribution in [0.5, 0.6) is 0 Å². The van der Waals surface area contributed by atoms with Crippen LogP contribution in [0.2, 0.25) is 0 Å². The van der Waals surface area contributed by atoms with Gasteiger partial charge in [0.1, 0.15) is 11.7 Å². The summed E-state index contributed by atoms with van der Waals surface area (Å²) >= 11 is 0. The van der Waals surface area contributed by atoms with E-state index in [0.29, 0.717) is 25.8 Å². The smallest absolute Gasteiger partial charge is 0.323 e. The number of rotatable bonds is 8. The largest absolute Gasteiger partial charge is 0.465 e. The van der Waals surface area contributed by atoms with E-state index in [2.05, 4.69) is 17.3 Å². The summed E-state index contributed by atoms with van der Waals surface area (Å²) in [5.41, 5.74) is 2.19. The third-order valence-corrected chi connectivity index (χ3v) is 5.78. The summed E-state index contributed by atoms with van der Waals surface area (Å²) in [4.78, 5) is 42.0. The zero-order valence-corrected chi connectivity index (χ0v) is 18.2. The fraction of sp³-hybridized carbons (Fsp3) is 0.565. The number of hydrazine groups is 1. The Hall–Kier alpha value is -3.08. The maximum Gasteiger partial charge on any atom is 0.323 e. The van der Waals surface area contributed by atoms with Crippen LogP contribution in [-0.4, -0.2) is 59.0 Å². The number of terminal acetylenes is 1. The van der Waals surface area contributed by atoms with Crippen LogP contribution in [0.3, 0.4) is 0 Å². The van der Waals surface area contributed by atoms with Crippen LogP contribution >= 0.6 is 0 Å². The highest BCUT2D eigenvalue weighted by atomic mass is 16.5. The number of hydrogen-bond acceptors (Lipinski definition) is 6. The lowest BCUT2D eigenvalue weighted by atomic mass is 9.99. The van der Waals surface area contributed by atoms with Crippen molar-refractivity contribution in [2.24, 2.45) is 11.8 Å². The number of hydrogen-bond donors (Lipinski definition) is 1. The summed E-state index contributed by atoms with van der Waals surface area (Å²) in [5.74, 6) is 1.20. The van der Waals surface area contributed by atoms with Gasteiger partial charge in [0, 0.05) is 31.6 Å². The Morgan fingerprint density at radius 2 is 2.26 bits per heavy atom. The standard InChI is InChI=1S/C23H30N4O4/c1-4-17(23(30)31-5-2)15-27(16(3)28)26-14-12-19(22(26)29)9-11-20-10-8-18-7-6-13-24-21(18)25-20/h1,8,10,17,19H,5-7,9,11-15H2,2-3H3,(H,24,25)/t17-,19?/m0/s1. The summed E-state index contributed by atoms with van der Waals surface area (Å²) in [7, 11) is 0. The molecule has 0 aromatic carbocycles. The molecule has 0 aliphatic carbocycles. The predicted octanol–water partition coefficient (Wildman–Crippen LogP) is 1.80. The first-order valence-corrected chi connectivity index (χ1v) is 10.9. The highest BCUT2D eigenvalue weighted by Crippen LogP contribution is 2.26. The molecule has 2 amide bonds. The number of carbonyl (C=O) groups excluding carboxylic acids is 3. The number of fused-ring (bicyclic) bond motifs is 1. The Morgan fingerprint density at radius 3 is 2.97 bits per heavy atom. The van der Waals surface area contributed by atoms with Crippen LogP contribution in [-0.2, 0) is 32.0 Å². The minimum Gasteiger partial charge on any atom is -0.465 e. The van der Waals surface area contributed by atoms with Gasteiger partial charge in [-0.3, -0.25) is 19.4 Å². The molecule has 0 bridgehead atoms.